The van der Waals surface area contributed by atoms with E-state index in [-0.39, 0.29) is 24.0 Å². The average molecular weight is 378 g/mol. The molecule has 6 heteroatoms. The van der Waals surface area contributed by atoms with E-state index in [1.54, 1.807) is 0 Å². The van der Waals surface area contributed by atoms with Crippen molar-refractivity contribution in [2.24, 2.45) is 16.6 Å². The van der Waals surface area contributed by atoms with E-state index in [2.05, 4.69) is 15.3 Å². The zero-order valence-electron chi connectivity index (χ0n) is 11.6. The second-order valence-electron chi connectivity index (χ2n) is 4.85. The second kappa shape index (κ2) is 7.72. The highest BCUT2D eigenvalue weighted by molar-refractivity contribution is 14.0. The van der Waals surface area contributed by atoms with Gasteiger partial charge in [0.2, 0.25) is 0 Å². The van der Waals surface area contributed by atoms with Gasteiger partial charge in [0.15, 0.2) is 11.9 Å². The number of nitrogens with one attached hydrogen (secondary N) is 1. The fourth-order valence-corrected chi connectivity index (χ4v) is 1.94. The molecular weight excluding hydrogens is 355 g/mol. The SMILES string of the molecule is CCc1nc(C)c(CN=C(N)NCC2CCC2)o1.I. The van der Waals surface area contributed by atoms with Crippen LogP contribution in [0.4, 0.5) is 0 Å². The Morgan fingerprint density at radius 2 is 2.26 bits per heavy atom. The molecule has 0 aliphatic heterocycles. The molecule has 0 spiro atoms. The quantitative estimate of drug-likeness (QED) is 0.469. The molecule has 0 amide bonds. The molecule has 1 aliphatic carbocycles. The lowest BCUT2D eigenvalue weighted by Gasteiger charge is -2.25. The van der Waals surface area contributed by atoms with Crippen molar-refractivity contribution in [2.45, 2.75) is 46.1 Å². The Hall–Kier alpha value is -0.790. The minimum absolute atomic E-state index is 0. The van der Waals surface area contributed by atoms with Crippen molar-refractivity contribution in [1.29, 1.82) is 0 Å². The van der Waals surface area contributed by atoms with Crippen LogP contribution in [0.25, 0.3) is 0 Å². The van der Waals surface area contributed by atoms with Crippen molar-refractivity contribution in [1.82, 2.24) is 10.3 Å². The predicted molar refractivity (Wildman–Crippen MR) is 86.7 cm³/mol. The molecule has 0 radical (unpaired) electrons. The van der Waals surface area contributed by atoms with Gasteiger partial charge in [-0.05, 0) is 25.7 Å². The molecule has 5 nitrogen and oxygen atoms in total. The van der Waals surface area contributed by atoms with Gasteiger partial charge in [-0.3, -0.25) is 0 Å². The molecule has 1 aromatic rings. The van der Waals surface area contributed by atoms with Crippen LogP contribution in [0.3, 0.4) is 0 Å². The Labute approximate surface area is 131 Å². The third-order valence-corrected chi connectivity index (χ3v) is 3.43. The summed E-state index contributed by atoms with van der Waals surface area (Å²) in [6.45, 7) is 5.35. The van der Waals surface area contributed by atoms with Crippen LogP contribution in [0.1, 0.15) is 43.5 Å². The number of aliphatic imine (C=N–C) groups is 1. The number of halogens is 1. The molecule has 1 heterocycles. The lowest BCUT2D eigenvalue weighted by molar-refractivity contribution is 0.315. The Balaban J connectivity index is 0.00000180. The van der Waals surface area contributed by atoms with Gasteiger partial charge in [-0.1, -0.05) is 13.3 Å². The summed E-state index contributed by atoms with van der Waals surface area (Å²) in [6.07, 6.45) is 4.77. The van der Waals surface area contributed by atoms with E-state index in [1.807, 2.05) is 13.8 Å². The van der Waals surface area contributed by atoms with Crippen LogP contribution in [-0.4, -0.2) is 17.5 Å². The van der Waals surface area contributed by atoms with Crippen LogP contribution < -0.4 is 11.1 Å². The molecule has 1 aromatic heterocycles. The minimum Gasteiger partial charge on any atom is -0.443 e. The molecule has 1 fully saturated rings. The largest absolute Gasteiger partial charge is 0.443 e. The van der Waals surface area contributed by atoms with E-state index in [1.165, 1.54) is 19.3 Å². The summed E-state index contributed by atoms with van der Waals surface area (Å²) < 4.78 is 5.57. The maximum atomic E-state index is 5.81. The number of nitrogens with two attached hydrogens (primary N) is 1. The number of guanidine groups is 1. The van der Waals surface area contributed by atoms with Crippen molar-refractivity contribution in [3.8, 4) is 0 Å². The van der Waals surface area contributed by atoms with E-state index in [0.29, 0.717) is 12.5 Å². The molecule has 0 atom stereocenters. The molecule has 0 bridgehead atoms. The van der Waals surface area contributed by atoms with Gasteiger partial charge in [0.25, 0.3) is 0 Å². The smallest absolute Gasteiger partial charge is 0.194 e. The van der Waals surface area contributed by atoms with E-state index < -0.39 is 0 Å². The first kappa shape index (κ1) is 16.3. The van der Waals surface area contributed by atoms with Gasteiger partial charge >= 0.3 is 0 Å². The fraction of sp³-hybridized carbons (Fsp3) is 0.692. The summed E-state index contributed by atoms with van der Waals surface area (Å²) in [6, 6.07) is 0. The predicted octanol–water partition coefficient (Wildman–Crippen LogP) is 2.37. The molecule has 0 unspecified atom stereocenters. The Bertz CT molecular complexity index is 426. The van der Waals surface area contributed by atoms with Gasteiger partial charge in [-0.15, -0.1) is 24.0 Å². The lowest BCUT2D eigenvalue weighted by Crippen LogP contribution is -2.37. The van der Waals surface area contributed by atoms with Crippen molar-refractivity contribution in [3.63, 3.8) is 0 Å². The minimum atomic E-state index is 0. The third kappa shape index (κ3) is 4.67. The van der Waals surface area contributed by atoms with Gasteiger partial charge in [-0.2, -0.15) is 0 Å². The fourth-order valence-electron chi connectivity index (χ4n) is 1.94. The highest BCUT2D eigenvalue weighted by Crippen LogP contribution is 2.24. The highest BCUT2D eigenvalue weighted by Gasteiger charge is 2.16. The molecule has 1 saturated carbocycles. The summed E-state index contributed by atoms with van der Waals surface area (Å²) in [5.41, 5.74) is 6.72. The molecule has 2 rings (SSSR count). The number of aromatic nitrogens is 1. The number of hydrogen-bond donors (Lipinski definition) is 2. The maximum Gasteiger partial charge on any atom is 0.194 e. The van der Waals surface area contributed by atoms with Crippen molar-refractivity contribution < 1.29 is 4.42 Å². The monoisotopic (exact) mass is 378 g/mol. The normalized spacial score (nSPS) is 15.8. The Kier molecular flexibility index (Phi) is 6.60. The first-order valence-electron chi connectivity index (χ1n) is 6.68. The Morgan fingerprint density at radius 3 is 2.79 bits per heavy atom. The second-order valence-corrected chi connectivity index (χ2v) is 4.85. The van der Waals surface area contributed by atoms with Gasteiger partial charge in [-0.25, -0.2) is 9.98 Å². The van der Waals surface area contributed by atoms with Crippen LogP contribution in [0, 0.1) is 12.8 Å². The van der Waals surface area contributed by atoms with Crippen LogP contribution >= 0.6 is 24.0 Å². The maximum absolute atomic E-state index is 5.81. The topological polar surface area (TPSA) is 76.4 Å². The number of oxazole rings is 1. The van der Waals surface area contributed by atoms with Crippen LogP contribution in [0.5, 0.6) is 0 Å². The summed E-state index contributed by atoms with van der Waals surface area (Å²) in [7, 11) is 0. The molecule has 0 aromatic carbocycles. The van der Waals surface area contributed by atoms with Crippen molar-refractivity contribution in [3.05, 3.63) is 17.3 Å². The number of aryl methyl sites for hydroxylation is 2. The first-order chi connectivity index (χ1) is 8.69. The van der Waals surface area contributed by atoms with Gasteiger partial charge in [0.1, 0.15) is 12.3 Å². The summed E-state index contributed by atoms with van der Waals surface area (Å²) in [5, 5.41) is 3.16. The summed E-state index contributed by atoms with van der Waals surface area (Å²) in [5.74, 6) is 2.84. The summed E-state index contributed by atoms with van der Waals surface area (Å²) >= 11 is 0. The summed E-state index contributed by atoms with van der Waals surface area (Å²) in [4.78, 5) is 8.59. The standard InChI is InChI=1S/C13H22N4O.HI/c1-3-12-17-9(2)11(18-12)8-16-13(14)15-7-10-5-4-6-10;/h10H,3-8H2,1-2H3,(H3,14,15,16);1H. The van der Waals surface area contributed by atoms with E-state index in [9.17, 15) is 0 Å². The van der Waals surface area contributed by atoms with Gasteiger partial charge in [0.05, 0.1) is 5.69 Å². The zero-order chi connectivity index (χ0) is 13.0. The molecule has 3 N–H and O–H groups in total. The van der Waals surface area contributed by atoms with Crippen LogP contribution in [0.15, 0.2) is 9.41 Å². The molecular formula is C13H23IN4O. The molecule has 19 heavy (non-hydrogen) atoms. The highest BCUT2D eigenvalue weighted by atomic mass is 127. The average Bonchev–Trinajstić information content (AvgIpc) is 2.65. The lowest BCUT2D eigenvalue weighted by atomic mass is 9.85. The number of nitrogens with zero attached hydrogens (tertiary/aromatic N) is 2. The van der Waals surface area contributed by atoms with Crippen molar-refractivity contribution in [2.75, 3.05) is 6.54 Å². The third-order valence-electron chi connectivity index (χ3n) is 3.43. The number of rotatable bonds is 5. The number of hydrogen-bond acceptors (Lipinski definition) is 3. The van der Waals surface area contributed by atoms with Gasteiger partial charge in [0, 0.05) is 13.0 Å². The zero-order valence-corrected chi connectivity index (χ0v) is 13.9. The molecule has 108 valence electrons. The van der Waals surface area contributed by atoms with Crippen LogP contribution in [0.2, 0.25) is 0 Å². The first-order valence-corrected chi connectivity index (χ1v) is 6.68. The van der Waals surface area contributed by atoms with E-state index >= 15 is 0 Å². The molecule has 0 saturated heterocycles. The van der Waals surface area contributed by atoms with Crippen molar-refractivity contribution >= 4 is 29.9 Å². The van der Waals surface area contributed by atoms with Gasteiger partial charge < -0.3 is 15.5 Å². The molecule has 1 aliphatic rings. The van der Waals surface area contributed by atoms with E-state index in [4.69, 9.17) is 10.2 Å². The van der Waals surface area contributed by atoms with E-state index in [0.717, 1.165) is 36.2 Å². The van der Waals surface area contributed by atoms with Crippen LogP contribution in [-0.2, 0) is 13.0 Å². The Morgan fingerprint density at radius 1 is 1.53 bits per heavy atom.